The van der Waals surface area contributed by atoms with Gasteiger partial charge in [0.1, 0.15) is 5.71 Å². The summed E-state index contributed by atoms with van der Waals surface area (Å²) in [6.45, 7) is 1.07. The third-order valence-electron chi connectivity index (χ3n) is 3.68. The summed E-state index contributed by atoms with van der Waals surface area (Å²) in [7, 11) is 0. The highest BCUT2D eigenvalue weighted by Crippen LogP contribution is 2.25. The monoisotopic (exact) mass is 282 g/mol. The molecule has 1 aliphatic heterocycles. The van der Waals surface area contributed by atoms with Gasteiger partial charge in [0, 0.05) is 6.54 Å². The Hall–Kier alpha value is -2.37. The van der Waals surface area contributed by atoms with Crippen molar-refractivity contribution in [1.29, 1.82) is 0 Å². The van der Waals surface area contributed by atoms with E-state index in [2.05, 4.69) is 10.6 Å². The van der Waals surface area contributed by atoms with Crippen molar-refractivity contribution in [2.24, 2.45) is 10.9 Å². The van der Waals surface area contributed by atoms with E-state index in [4.69, 9.17) is 5.73 Å². The molecule has 4 N–H and O–H groups in total. The molecule has 3 rings (SSSR count). The Morgan fingerprint density at radius 2 is 1.86 bits per heavy atom. The van der Waals surface area contributed by atoms with Gasteiger partial charge in [-0.1, -0.05) is 47.6 Å². The van der Waals surface area contributed by atoms with E-state index in [-0.39, 0.29) is 6.04 Å². The lowest BCUT2D eigenvalue weighted by Crippen LogP contribution is -2.31. The number of nitrogens with one attached hydrogen (secondary N) is 1. The summed E-state index contributed by atoms with van der Waals surface area (Å²) in [6.07, 6.45) is 0. The second-order valence-electron chi connectivity index (χ2n) is 5.02. The lowest BCUT2D eigenvalue weighted by Gasteiger charge is -2.19. The Morgan fingerprint density at radius 3 is 2.48 bits per heavy atom. The van der Waals surface area contributed by atoms with Gasteiger partial charge in [0.05, 0.1) is 18.3 Å². The molecular formula is C16H18N4O. The van der Waals surface area contributed by atoms with E-state index in [0.29, 0.717) is 18.8 Å². The Balaban J connectivity index is 1.85. The van der Waals surface area contributed by atoms with E-state index >= 15 is 0 Å². The van der Waals surface area contributed by atoms with Crippen LogP contribution in [0, 0.1) is 0 Å². The molecule has 5 nitrogen and oxygen atoms in total. The van der Waals surface area contributed by atoms with Crippen LogP contribution in [0.1, 0.15) is 17.2 Å². The molecule has 0 radical (unpaired) electrons. The summed E-state index contributed by atoms with van der Waals surface area (Å²) in [5.74, 6) is 0. The fourth-order valence-electron chi connectivity index (χ4n) is 2.51. The molecule has 1 aliphatic rings. The van der Waals surface area contributed by atoms with Crippen LogP contribution < -0.4 is 16.2 Å². The van der Waals surface area contributed by atoms with E-state index in [1.807, 2.05) is 59.6 Å². The average molecular weight is 282 g/mol. The maximum absolute atomic E-state index is 9.26. The van der Waals surface area contributed by atoms with Crippen molar-refractivity contribution in [2.45, 2.75) is 12.6 Å². The molecule has 1 heterocycles. The van der Waals surface area contributed by atoms with Crippen LogP contribution in [0.2, 0.25) is 0 Å². The van der Waals surface area contributed by atoms with Gasteiger partial charge in [-0.25, -0.2) is 5.43 Å². The van der Waals surface area contributed by atoms with Gasteiger partial charge in [-0.05, 0) is 23.3 Å². The predicted octanol–water partition coefficient (Wildman–Crippen LogP) is 2.04. The molecule has 108 valence electrons. The lowest BCUT2D eigenvalue weighted by molar-refractivity contribution is 0.316. The van der Waals surface area contributed by atoms with Crippen molar-refractivity contribution in [3.63, 3.8) is 0 Å². The molecule has 0 spiro atoms. The van der Waals surface area contributed by atoms with Crippen LogP contribution >= 0.6 is 0 Å². The number of nitrogens with zero attached hydrogens (tertiary/aromatic N) is 2. The van der Waals surface area contributed by atoms with Crippen molar-refractivity contribution in [3.8, 4) is 0 Å². The number of para-hydroxylation sites is 1. The zero-order valence-corrected chi connectivity index (χ0v) is 11.6. The minimum Gasteiger partial charge on any atom is -0.411 e. The number of benzene rings is 2. The zero-order valence-electron chi connectivity index (χ0n) is 11.6. The Bertz CT molecular complexity index is 624. The highest BCUT2D eigenvalue weighted by atomic mass is 16.4. The van der Waals surface area contributed by atoms with Crippen molar-refractivity contribution in [3.05, 3.63) is 65.7 Å². The molecule has 5 heteroatoms. The topological polar surface area (TPSA) is 73.9 Å². The highest BCUT2D eigenvalue weighted by Gasteiger charge is 2.30. The first-order valence-electron chi connectivity index (χ1n) is 6.90. The molecule has 1 fully saturated rings. The molecule has 1 atom stereocenters. The third kappa shape index (κ3) is 2.74. The predicted molar refractivity (Wildman–Crippen MR) is 83.2 cm³/mol. The number of hydrogen-bond donors (Lipinski definition) is 3. The van der Waals surface area contributed by atoms with Crippen molar-refractivity contribution < 1.29 is 5.21 Å². The number of anilines is 1. The van der Waals surface area contributed by atoms with Crippen molar-refractivity contribution in [1.82, 2.24) is 5.43 Å². The van der Waals surface area contributed by atoms with E-state index < -0.39 is 0 Å². The van der Waals surface area contributed by atoms with Gasteiger partial charge in [0.15, 0.2) is 0 Å². The van der Waals surface area contributed by atoms with Gasteiger partial charge >= 0.3 is 0 Å². The zero-order chi connectivity index (χ0) is 14.7. The SMILES string of the molecule is NCc1ccc(C2NN(c3ccccc3)CC2=NO)cc1. The fraction of sp³-hybridized carbons (Fsp3) is 0.188. The first-order chi connectivity index (χ1) is 10.3. The number of oxime groups is 1. The summed E-state index contributed by atoms with van der Waals surface area (Å²) >= 11 is 0. The molecule has 0 saturated carbocycles. The van der Waals surface area contributed by atoms with Crippen LogP contribution in [0.15, 0.2) is 59.8 Å². The number of hydrogen-bond acceptors (Lipinski definition) is 5. The van der Waals surface area contributed by atoms with Crippen LogP contribution in [0.5, 0.6) is 0 Å². The van der Waals surface area contributed by atoms with E-state index in [0.717, 1.165) is 16.8 Å². The number of hydrazine groups is 1. The van der Waals surface area contributed by atoms with Crippen LogP contribution in [0.4, 0.5) is 5.69 Å². The largest absolute Gasteiger partial charge is 0.411 e. The second kappa shape index (κ2) is 5.95. The van der Waals surface area contributed by atoms with Crippen LogP contribution in [0.25, 0.3) is 0 Å². The lowest BCUT2D eigenvalue weighted by atomic mass is 10.0. The highest BCUT2D eigenvalue weighted by molar-refractivity contribution is 5.96. The Labute approximate surface area is 123 Å². The first-order valence-corrected chi connectivity index (χ1v) is 6.90. The summed E-state index contributed by atoms with van der Waals surface area (Å²) in [6, 6.07) is 17.9. The maximum Gasteiger partial charge on any atom is 0.101 e. The molecule has 0 bridgehead atoms. The van der Waals surface area contributed by atoms with Gasteiger partial charge in [0.25, 0.3) is 0 Å². The molecule has 2 aromatic carbocycles. The summed E-state index contributed by atoms with van der Waals surface area (Å²) in [5.41, 5.74) is 12.9. The fourth-order valence-corrected chi connectivity index (χ4v) is 2.51. The van der Waals surface area contributed by atoms with Gasteiger partial charge in [-0.3, -0.25) is 0 Å². The van der Waals surface area contributed by atoms with E-state index in [1.165, 1.54) is 0 Å². The summed E-state index contributed by atoms with van der Waals surface area (Å²) in [4.78, 5) is 0. The average Bonchev–Trinajstić information content (AvgIpc) is 3.00. The molecule has 1 saturated heterocycles. The molecule has 0 aliphatic carbocycles. The Kier molecular flexibility index (Phi) is 3.85. The molecule has 2 aromatic rings. The summed E-state index contributed by atoms with van der Waals surface area (Å²) in [5, 5.41) is 14.7. The van der Waals surface area contributed by atoms with Crippen molar-refractivity contribution >= 4 is 11.4 Å². The summed E-state index contributed by atoms with van der Waals surface area (Å²) < 4.78 is 0. The second-order valence-corrected chi connectivity index (χ2v) is 5.02. The minimum atomic E-state index is -0.123. The maximum atomic E-state index is 9.26. The van der Waals surface area contributed by atoms with Gasteiger partial charge in [-0.2, -0.15) is 0 Å². The van der Waals surface area contributed by atoms with E-state index in [1.54, 1.807) is 0 Å². The number of nitrogens with two attached hydrogens (primary N) is 1. The molecule has 21 heavy (non-hydrogen) atoms. The quantitative estimate of drug-likeness (QED) is 0.595. The molecular weight excluding hydrogens is 264 g/mol. The van der Waals surface area contributed by atoms with Crippen molar-refractivity contribution in [2.75, 3.05) is 11.6 Å². The van der Waals surface area contributed by atoms with E-state index in [9.17, 15) is 5.21 Å². The smallest absolute Gasteiger partial charge is 0.101 e. The van der Waals surface area contributed by atoms with Crippen LogP contribution in [-0.4, -0.2) is 17.5 Å². The Morgan fingerprint density at radius 1 is 1.14 bits per heavy atom. The van der Waals surface area contributed by atoms with Gasteiger partial charge in [0.2, 0.25) is 0 Å². The third-order valence-corrected chi connectivity index (χ3v) is 3.68. The first kappa shape index (κ1) is 13.6. The van der Waals surface area contributed by atoms with Gasteiger partial charge < -0.3 is 15.9 Å². The normalized spacial score (nSPS) is 20.1. The molecule has 0 amide bonds. The van der Waals surface area contributed by atoms with Gasteiger partial charge in [-0.15, -0.1) is 0 Å². The molecule has 0 aromatic heterocycles. The standard InChI is InChI=1S/C16H18N4O/c17-10-12-6-8-13(9-7-12)16-15(19-21)11-20(18-16)14-4-2-1-3-5-14/h1-9,16,18,21H,10-11,17H2. The molecule has 1 unspecified atom stereocenters. The minimum absolute atomic E-state index is 0.123. The van der Waals surface area contributed by atoms with Crippen LogP contribution in [0.3, 0.4) is 0 Å². The van der Waals surface area contributed by atoms with Crippen LogP contribution in [-0.2, 0) is 6.54 Å². The number of rotatable bonds is 3.